The van der Waals surface area contributed by atoms with Crippen molar-refractivity contribution in [3.8, 4) is 0 Å². The maximum atomic E-state index is 12.3. The minimum absolute atomic E-state index is 0.102. The van der Waals surface area contributed by atoms with Crippen LogP contribution in [0.5, 0.6) is 0 Å². The van der Waals surface area contributed by atoms with E-state index in [1.54, 1.807) is 6.07 Å². The van der Waals surface area contributed by atoms with Crippen molar-refractivity contribution in [2.75, 3.05) is 16.0 Å². The summed E-state index contributed by atoms with van der Waals surface area (Å²) in [7, 11) is 0. The molecule has 8 heteroatoms. The van der Waals surface area contributed by atoms with Gasteiger partial charge in [0.25, 0.3) is 5.69 Å². The number of carbonyl (C=O) groups excluding carboxylic acids is 2. The van der Waals surface area contributed by atoms with Crippen molar-refractivity contribution in [2.24, 2.45) is 0 Å². The highest BCUT2D eigenvalue weighted by molar-refractivity contribution is 6.06. The molecule has 0 aliphatic carbocycles. The van der Waals surface area contributed by atoms with Crippen LogP contribution in [0.1, 0.15) is 17.5 Å². The van der Waals surface area contributed by atoms with Crippen LogP contribution in [0.15, 0.2) is 36.4 Å². The number of nitrogens with zero attached hydrogens (tertiary/aromatic N) is 1. The van der Waals surface area contributed by atoms with Gasteiger partial charge in [-0.05, 0) is 43.2 Å². The summed E-state index contributed by atoms with van der Waals surface area (Å²) in [6.45, 7) is 3.91. The second-order valence-corrected chi connectivity index (χ2v) is 6.19. The van der Waals surface area contributed by atoms with Crippen LogP contribution in [0.4, 0.5) is 22.7 Å². The van der Waals surface area contributed by atoms with Crippen molar-refractivity contribution < 1.29 is 14.5 Å². The molecule has 2 aromatic rings. The number of fused-ring (bicyclic) bond motifs is 1. The molecule has 134 valence electrons. The molecule has 1 aliphatic heterocycles. The van der Waals surface area contributed by atoms with Crippen LogP contribution in [0.25, 0.3) is 0 Å². The highest BCUT2D eigenvalue weighted by Gasteiger charge is 2.28. The Morgan fingerprint density at radius 2 is 1.85 bits per heavy atom. The Morgan fingerprint density at radius 3 is 2.54 bits per heavy atom. The fourth-order valence-corrected chi connectivity index (χ4v) is 2.78. The first kappa shape index (κ1) is 17.4. The molecule has 0 radical (unpaired) electrons. The zero-order valence-corrected chi connectivity index (χ0v) is 14.3. The molecule has 26 heavy (non-hydrogen) atoms. The highest BCUT2D eigenvalue weighted by Crippen LogP contribution is 2.30. The summed E-state index contributed by atoms with van der Waals surface area (Å²) in [4.78, 5) is 35.0. The fraction of sp³-hybridized carbons (Fsp3) is 0.222. The maximum Gasteiger partial charge on any atom is 0.292 e. The zero-order chi connectivity index (χ0) is 18.8. The van der Waals surface area contributed by atoms with Crippen LogP contribution in [0.3, 0.4) is 0 Å². The van der Waals surface area contributed by atoms with Gasteiger partial charge in [-0.15, -0.1) is 0 Å². The molecule has 8 nitrogen and oxygen atoms in total. The summed E-state index contributed by atoms with van der Waals surface area (Å²) in [6, 6.07) is 8.90. The van der Waals surface area contributed by atoms with Crippen LogP contribution in [-0.4, -0.2) is 22.8 Å². The lowest BCUT2D eigenvalue weighted by Crippen LogP contribution is -2.41. The monoisotopic (exact) mass is 354 g/mol. The summed E-state index contributed by atoms with van der Waals surface area (Å²) in [5.41, 5.74) is 3.45. The molecule has 1 heterocycles. The van der Waals surface area contributed by atoms with E-state index in [2.05, 4.69) is 16.0 Å². The van der Waals surface area contributed by atoms with Gasteiger partial charge in [-0.3, -0.25) is 19.7 Å². The molecule has 0 saturated heterocycles. The number of aryl methyl sites for hydroxylation is 2. The normalized spacial score (nSPS) is 15.5. The summed E-state index contributed by atoms with van der Waals surface area (Å²) in [5.74, 6) is -0.808. The summed E-state index contributed by atoms with van der Waals surface area (Å²) in [5, 5.41) is 19.4. The topological polar surface area (TPSA) is 113 Å². The van der Waals surface area contributed by atoms with Crippen molar-refractivity contribution in [1.29, 1.82) is 0 Å². The Balaban J connectivity index is 1.73. The van der Waals surface area contributed by atoms with Gasteiger partial charge in [0.2, 0.25) is 11.8 Å². The van der Waals surface area contributed by atoms with E-state index in [4.69, 9.17) is 0 Å². The quantitative estimate of drug-likeness (QED) is 0.577. The van der Waals surface area contributed by atoms with Gasteiger partial charge in [-0.1, -0.05) is 12.1 Å². The smallest absolute Gasteiger partial charge is 0.292 e. The van der Waals surface area contributed by atoms with Crippen molar-refractivity contribution >= 4 is 34.6 Å². The molecule has 0 bridgehead atoms. The Hall–Kier alpha value is -3.42. The molecule has 3 rings (SSSR count). The lowest BCUT2D eigenvalue weighted by molar-refractivity contribution is -0.383. The molecule has 2 aromatic carbocycles. The summed E-state index contributed by atoms with van der Waals surface area (Å²) in [6.07, 6.45) is -0.149. The van der Waals surface area contributed by atoms with E-state index in [0.717, 1.165) is 16.8 Å². The van der Waals surface area contributed by atoms with Gasteiger partial charge in [0.1, 0.15) is 11.7 Å². The average Bonchev–Trinajstić information content (AvgIpc) is 2.58. The molecule has 0 aromatic heterocycles. The van der Waals surface area contributed by atoms with Crippen LogP contribution in [0, 0.1) is 24.0 Å². The number of hydrogen-bond acceptors (Lipinski definition) is 5. The van der Waals surface area contributed by atoms with Crippen molar-refractivity contribution in [3.63, 3.8) is 0 Å². The Morgan fingerprint density at radius 1 is 1.19 bits per heavy atom. The number of nitro benzene ring substituents is 1. The molecular weight excluding hydrogens is 336 g/mol. The summed E-state index contributed by atoms with van der Waals surface area (Å²) < 4.78 is 0. The van der Waals surface area contributed by atoms with Crippen LogP contribution in [0.2, 0.25) is 0 Å². The van der Waals surface area contributed by atoms with Gasteiger partial charge in [0.15, 0.2) is 0 Å². The lowest BCUT2D eigenvalue weighted by atomic mass is 10.0. The van der Waals surface area contributed by atoms with Gasteiger partial charge >= 0.3 is 0 Å². The first-order valence-electron chi connectivity index (χ1n) is 8.07. The standard InChI is InChI=1S/C18H18N4O4/c1-10-7-13-14(8-11(10)2)21-18(24)15(19-13)9-17(23)20-12-5-3-4-6-16(12)22(25)26/h3-8,15,19H,9H2,1-2H3,(H,20,23)(H,21,24). The predicted octanol–water partition coefficient (Wildman–Crippen LogP) is 2.97. The third-order valence-corrected chi connectivity index (χ3v) is 4.30. The van der Waals surface area contributed by atoms with Crippen LogP contribution >= 0.6 is 0 Å². The number of nitro groups is 1. The molecule has 2 amide bonds. The molecule has 0 saturated carbocycles. The van der Waals surface area contributed by atoms with Crippen molar-refractivity contribution in [1.82, 2.24) is 0 Å². The Labute approximate surface area is 149 Å². The number of nitrogens with one attached hydrogen (secondary N) is 3. The third kappa shape index (κ3) is 3.49. The third-order valence-electron chi connectivity index (χ3n) is 4.30. The van der Waals surface area contributed by atoms with Gasteiger partial charge in [-0.25, -0.2) is 0 Å². The zero-order valence-electron chi connectivity index (χ0n) is 14.3. The maximum absolute atomic E-state index is 12.3. The molecule has 1 aliphatic rings. The van der Waals surface area contributed by atoms with Gasteiger partial charge in [0, 0.05) is 6.07 Å². The van der Waals surface area contributed by atoms with E-state index in [1.165, 1.54) is 18.2 Å². The van der Waals surface area contributed by atoms with Gasteiger partial charge in [0.05, 0.1) is 22.7 Å². The van der Waals surface area contributed by atoms with Gasteiger partial charge < -0.3 is 16.0 Å². The minimum Gasteiger partial charge on any atom is -0.372 e. The average molecular weight is 354 g/mol. The molecule has 1 atom stereocenters. The lowest BCUT2D eigenvalue weighted by Gasteiger charge is -2.27. The number of para-hydroxylation sites is 2. The van der Waals surface area contributed by atoms with Gasteiger partial charge in [-0.2, -0.15) is 0 Å². The van der Waals surface area contributed by atoms with E-state index < -0.39 is 16.9 Å². The summed E-state index contributed by atoms with van der Waals surface area (Å²) >= 11 is 0. The second kappa shape index (κ2) is 6.83. The first-order valence-corrected chi connectivity index (χ1v) is 8.07. The van der Waals surface area contributed by atoms with Crippen molar-refractivity contribution in [3.05, 3.63) is 57.6 Å². The molecule has 1 unspecified atom stereocenters. The van der Waals surface area contributed by atoms with E-state index in [9.17, 15) is 19.7 Å². The van der Waals surface area contributed by atoms with Crippen LogP contribution < -0.4 is 16.0 Å². The number of amides is 2. The molecule has 0 spiro atoms. The predicted molar refractivity (Wildman–Crippen MR) is 98.3 cm³/mol. The molecular formula is C18H18N4O4. The fourth-order valence-electron chi connectivity index (χ4n) is 2.78. The van der Waals surface area contributed by atoms with E-state index in [0.29, 0.717) is 5.69 Å². The Bertz CT molecular complexity index is 910. The number of rotatable bonds is 4. The SMILES string of the molecule is Cc1cc2c(cc1C)NC(CC(=O)Nc1ccccc1[N+](=O)[O-])C(=O)N2. The van der Waals surface area contributed by atoms with E-state index in [-0.39, 0.29) is 23.7 Å². The molecule has 0 fully saturated rings. The number of carbonyl (C=O) groups is 2. The second-order valence-electron chi connectivity index (χ2n) is 6.19. The van der Waals surface area contributed by atoms with Crippen molar-refractivity contribution in [2.45, 2.75) is 26.3 Å². The minimum atomic E-state index is -0.757. The van der Waals surface area contributed by atoms with E-state index in [1.807, 2.05) is 26.0 Å². The number of anilines is 3. The molecule has 3 N–H and O–H groups in total. The van der Waals surface area contributed by atoms with Crippen LogP contribution in [-0.2, 0) is 9.59 Å². The Kier molecular flexibility index (Phi) is 4.57. The number of hydrogen-bond donors (Lipinski definition) is 3. The largest absolute Gasteiger partial charge is 0.372 e. The highest BCUT2D eigenvalue weighted by atomic mass is 16.6. The van der Waals surface area contributed by atoms with E-state index >= 15 is 0 Å². The number of benzene rings is 2. The first-order chi connectivity index (χ1) is 12.3.